The number of aliphatic hydroxyl groups excluding tert-OH is 1. The van der Waals surface area contributed by atoms with Crippen molar-refractivity contribution in [1.29, 1.82) is 0 Å². The van der Waals surface area contributed by atoms with Crippen molar-refractivity contribution in [2.75, 3.05) is 13.2 Å². The first-order valence-corrected chi connectivity index (χ1v) is 4.72. The zero-order valence-corrected chi connectivity index (χ0v) is 8.65. The van der Waals surface area contributed by atoms with Gasteiger partial charge in [-0.1, -0.05) is 17.7 Å². The van der Waals surface area contributed by atoms with Crippen LogP contribution in [-0.4, -0.2) is 23.2 Å². The lowest BCUT2D eigenvalue weighted by molar-refractivity contribution is -0.384. The van der Waals surface area contributed by atoms with Gasteiger partial charge >= 0.3 is 0 Å². The molecule has 15 heavy (non-hydrogen) atoms. The molecule has 0 spiro atoms. The lowest BCUT2D eigenvalue weighted by atomic mass is 10.00. The highest BCUT2D eigenvalue weighted by Crippen LogP contribution is 2.27. The maximum atomic E-state index is 10.6. The summed E-state index contributed by atoms with van der Waals surface area (Å²) in [6.45, 7) is 0.0879. The Morgan fingerprint density at radius 3 is 2.73 bits per heavy atom. The Bertz CT molecular complexity index is 366. The average Bonchev–Trinajstić information content (AvgIpc) is 2.21. The monoisotopic (exact) mass is 230 g/mol. The van der Waals surface area contributed by atoms with Gasteiger partial charge < -0.3 is 10.8 Å². The lowest BCUT2D eigenvalue weighted by Gasteiger charge is -2.11. The minimum absolute atomic E-state index is 0.0810. The molecule has 0 radical (unpaired) electrons. The van der Waals surface area contributed by atoms with Crippen molar-refractivity contribution in [3.8, 4) is 0 Å². The fraction of sp³-hybridized carbons (Fsp3) is 0.333. The van der Waals surface area contributed by atoms with Gasteiger partial charge in [-0.2, -0.15) is 0 Å². The van der Waals surface area contributed by atoms with E-state index in [2.05, 4.69) is 0 Å². The summed E-state index contributed by atoms with van der Waals surface area (Å²) in [7, 11) is 0. The molecule has 0 heterocycles. The van der Waals surface area contributed by atoms with Gasteiger partial charge in [-0.3, -0.25) is 10.1 Å². The Morgan fingerprint density at radius 2 is 2.27 bits per heavy atom. The smallest absolute Gasteiger partial charge is 0.288 e. The first-order chi connectivity index (χ1) is 7.10. The Balaban J connectivity index is 3.11. The van der Waals surface area contributed by atoms with E-state index in [0.717, 1.165) is 0 Å². The second-order valence-electron chi connectivity index (χ2n) is 3.08. The molecule has 6 heteroatoms. The largest absolute Gasteiger partial charge is 0.396 e. The SMILES string of the molecule is NCC(CO)c1ccc(Cl)c([N+](=O)[O-])c1. The topological polar surface area (TPSA) is 89.4 Å². The Kier molecular flexibility index (Phi) is 4.02. The summed E-state index contributed by atoms with van der Waals surface area (Å²) in [5.74, 6) is -0.291. The van der Waals surface area contributed by atoms with Gasteiger partial charge in [0.15, 0.2) is 0 Å². The summed E-state index contributed by atoms with van der Waals surface area (Å²) >= 11 is 5.65. The predicted molar refractivity (Wildman–Crippen MR) is 57.0 cm³/mol. The second kappa shape index (κ2) is 5.06. The van der Waals surface area contributed by atoms with Crippen molar-refractivity contribution in [2.24, 2.45) is 5.73 Å². The van der Waals surface area contributed by atoms with Crippen LogP contribution >= 0.6 is 11.6 Å². The summed E-state index contributed by atoms with van der Waals surface area (Å²) < 4.78 is 0. The van der Waals surface area contributed by atoms with Gasteiger partial charge in [-0.15, -0.1) is 0 Å². The van der Waals surface area contributed by atoms with E-state index >= 15 is 0 Å². The van der Waals surface area contributed by atoms with E-state index in [4.69, 9.17) is 22.4 Å². The number of hydrogen-bond donors (Lipinski definition) is 2. The quantitative estimate of drug-likeness (QED) is 0.602. The summed E-state index contributed by atoms with van der Waals surface area (Å²) in [6.07, 6.45) is 0. The van der Waals surface area contributed by atoms with Crippen LogP contribution in [0.2, 0.25) is 5.02 Å². The summed E-state index contributed by atoms with van der Waals surface area (Å²) in [4.78, 5) is 10.0. The Labute approximate surface area is 91.6 Å². The molecule has 82 valence electrons. The first kappa shape index (κ1) is 11.9. The predicted octanol–water partition coefficient (Wildman–Crippen LogP) is 1.28. The molecular weight excluding hydrogens is 220 g/mol. The van der Waals surface area contributed by atoms with Crippen LogP contribution in [0.15, 0.2) is 18.2 Å². The number of aliphatic hydroxyl groups is 1. The van der Waals surface area contributed by atoms with Gasteiger partial charge in [-0.05, 0) is 11.6 Å². The molecule has 1 aromatic carbocycles. The molecule has 0 aliphatic carbocycles. The van der Waals surface area contributed by atoms with Crippen molar-refractivity contribution in [1.82, 2.24) is 0 Å². The number of halogens is 1. The van der Waals surface area contributed by atoms with Crippen molar-refractivity contribution in [3.05, 3.63) is 38.9 Å². The third-order valence-corrected chi connectivity index (χ3v) is 2.46. The molecule has 0 bridgehead atoms. The number of benzene rings is 1. The summed E-state index contributed by atoms with van der Waals surface area (Å²) in [5.41, 5.74) is 5.87. The number of nitrogens with two attached hydrogens (primary N) is 1. The van der Waals surface area contributed by atoms with Crippen LogP contribution in [0.5, 0.6) is 0 Å². The first-order valence-electron chi connectivity index (χ1n) is 4.35. The van der Waals surface area contributed by atoms with Gasteiger partial charge in [0.05, 0.1) is 11.5 Å². The third-order valence-electron chi connectivity index (χ3n) is 2.14. The van der Waals surface area contributed by atoms with Crippen molar-refractivity contribution < 1.29 is 10.0 Å². The van der Waals surface area contributed by atoms with Crippen molar-refractivity contribution in [2.45, 2.75) is 5.92 Å². The number of nitrogens with zero attached hydrogens (tertiary/aromatic N) is 1. The van der Waals surface area contributed by atoms with Crippen LogP contribution in [0.3, 0.4) is 0 Å². The van der Waals surface area contributed by atoms with Crippen LogP contribution in [0.1, 0.15) is 11.5 Å². The van der Waals surface area contributed by atoms with E-state index in [-0.39, 0.29) is 29.8 Å². The zero-order chi connectivity index (χ0) is 11.4. The van der Waals surface area contributed by atoms with Crippen LogP contribution in [-0.2, 0) is 0 Å². The molecule has 0 fully saturated rings. The Hall–Kier alpha value is -1.17. The maximum Gasteiger partial charge on any atom is 0.288 e. The number of hydrogen-bond acceptors (Lipinski definition) is 4. The fourth-order valence-electron chi connectivity index (χ4n) is 1.24. The fourth-order valence-corrected chi connectivity index (χ4v) is 1.43. The number of nitro benzene ring substituents is 1. The minimum Gasteiger partial charge on any atom is -0.396 e. The molecule has 5 nitrogen and oxygen atoms in total. The summed E-state index contributed by atoms with van der Waals surface area (Å²) in [6, 6.07) is 4.41. The van der Waals surface area contributed by atoms with E-state index in [9.17, 15) is 10.1 Å². The van der Waals surface area contributed by atoms with Gasteiger partial charge in [0, 0.05) is 18.5 Å². The molecule has 0 saturated heterocycles. The number of nitro groups is 1. The van der Waals surface area contributed by atoms with E-state index in [1.54, 1.807) is 6.07 Å². The second-order valence-corrected chi connectivity index (χ2v) is 3.49. The van der Waals surface area contributed by atoms with Crippen LogP contribution in [0, 0.1) is 10.1 Å². The highest BCUT2D eigenvalue weighted by atomic mass is 35.5. The normalized spacial score (nSPS) is 12.5. The zero-order valence-electron chi connectivity index (χ0n) is 7.89. The molecule has 0 aliphatic rings. The van der Waals surface area contributed by atoms with Crippen LogP contribution < -0.4 is 5.73 Å². The Morgan fingerprint density at radius 1 is 1.60 bits per heavy atom. The molecule has 0 saturated carbocycles. The van der Waals surface area contributed by atoms with Crippen molar-refractivity contribution in [3.63, 3.8) is 0 Å². The maximum absolute atomic E-state index is 10.6. The molecule has 0 aromatic heterocycles. The standard InChI is InChI=1S/C9H11ClN2O3/c10-8-2-1-6(7(4-11)5-13)3-9(8)12(14)15/h1-3,7,13H,4-5,11H2. The molecule has 1 rings (SSSR count). The van der Waals surface area contributed by atoms with E-state index < -0.39 is 4.92 Å². The lowest BCUT2D eigenvalue weighted by Crippen LogP contribution is -2.16. The molecule has 0 amide bonds. The minimum atomic E-state index is -0.559. The van der Waals surface area contributed by atoms with Gasteiger partial charge in [-0.25, -0.2) is 0 Å². The number of rotatable bonds is 4. The highest BCUT2D eigenvalue weighted by molar-refractivity contribution is 6.32. The van der Waals surface area contributed by atoms with Gasteiger partial charge in [0.1, 0.15) is 5.02 Å². The van der Waals surface area contributed by atoms with Gasteiger partial charge in [0.25, 0.3) is 5.69 Å². The third kappa shape index (κ3) is 2.65. The average molecular weight is 231 g/mol. The van der Waals surface area contributed by atoms with Gasteiger partial charge in [0.2, 0.25) is 0 Å². The highest BCUT2D eigenvalue weighted by Gasteiger charge is 2.16. The van der Waals surface area contributed by atoms with E-state index in [1.807, 2.05) is 0 Å². The van der Waals surface area contributed by atoms with E-state index in [0.29, 0.717) is 5.56 Å². The van der Waals surface area contributed by atoms with Crippen LogP contribution in [0.4, 0.5) is 5.69 Å². The molecular formula is C9H11ClN2O3. The van der Waals surface area contributed by atoms with Crippen LogP contribution in [0.25, 0.3) is 0 Å². The van der Waals surface area contributed by atoms with Crippen molar-refractivity contribution >= 4 is 17.3 Å². The molecule has 1 atom stereocenters. The molecule has 3 N–H and O–H groups in total. The molecule has 1 aromatic rings. The summed E-state index contributed by atoms with van der Waals surface area (Å²) in [5, 5.41) is 19.7. The molecule has 1 unspecified atom stereocenters. The molecule has 0 aliphatic heterocycles. The van der Waals surface area contributed by atoms with E-state index in [1.165, 1.54) is 12.1 Å².